The Labute approximate surface area is 114 Å². The average Bonchev–Trinajstić information content (AvgIpc) is 2.67. The van der Waals surface area contributed by atoms with E-state index in [0.717, 1.165) is 5.56 Å². The van der Waals surface area contributed by atoms with Gasteiger partial charge in [-0.25, -0.2) is 4.39 Å². The van der Waals surface area contributed by atoms with E-state index in [-0.39, 0.29) is 22.7 Å². The molecule has 3 heteroatoms. The minimum atomic E-state index is -0.231. The van der Waals surface area contributed by atoms with Gasteiger partial charge in [0.15, 0.2) is 0 Å². The molecule has 0 bridgehead atoms. The minimum absolute atomic E-state index is 0.0956. The summed E-state index contributed by atoms with van der Waals surface area (Å²) in [5, 5.41) is 3.94. The number of benzene rings is 1. The maximum Gasteiger partial charge on any atom is 0.123 e. The summed E-state index contributed by atoms with van der Waals surface area (Å²) >= 11 is 6.22. The molecule has 2 rings (SSSR count). The summed E-state index contributed by atoms with van der Waals surface area (Å²) in [5.41, 5.74) is 1.33. The number of halogens is 2. The third-order valence-corrected chi connectivity index (χ3v) is 5.41. The summed E-state index contributed by atoms with van der Waals surface area (Å²) in [7, 11) is 1.91. The summed E-state index contributed by atoms with van der Waals surface area (Å²) in [6.07, 6.45) is 0. The largest absolute Gasteiger partial charge is 0.313 e. The molecule has 1 aliphatic carbocycles. The second kappa shape index (κ2) is 4.21. The molecule has 0 aromatic heterocycles. The monoisotopic (exact) mass is 269 g/mol. The van der Waals surface area contributed by atoms with Gasteiger partial charge in [-0.3, -0.25) is 0 Å². The van der Waals surface area contributed by atoms with Crippen molar-refractivity contribution in [2.45, 2.75) is 33.7 Å². The topological polar surface area (TPSA) is 12.0 Å². The fourth-order valence-corrected chi connectivity index (χ4v) is 3.57. The van der Waals surface area contributed by atoms with Crippen LogP contribution in [0.2, 0.25) is 5.02 Å². The second-order valence-corrected chi connectivity index (χ2v) is 6.76. The van der Waals surface area contributed by atoms with Crippen LogP contribution in [-0.4, -0.2) is 7.05 Å². The maximum absolute atomic E-state index is 13.4. The number of hydrogen-bond acceptors (Lipinski definition) is 1. The van der Waals surface area contributed by atoms with Gasteiger partial charge in [0.05, 0.1) is 0 Å². The first-order valence-electron chi connectivity index (χ1n) is 6.35. The Kier molecular flexibility index (Phi) is 3.23. The minimum Gasteiger partial charge on any atom is -0.313 e. The van der Waals surface area contributed by atoms with E-state index in [0.29, 0.717) is 10.9 Å². The lowest BCUT2D eigenvalue weighted by molar-refractivity contribution is 0.436. The van der Waals surface area contributed by atoms with Gasteiger partial charge in [-0.1, -0.05) is 39.3 Å². The first-order valence-corrected chi connectivity index (χ1v) is 6.73. The molecular weight excluding hydrogens is 249 g/mol. The van der Waals surface area contributed by atoms with Crippen molar-refractivity contribution in [1.29, 1.82) is 0 Å². The van der Waals surface area contributed by atoms with Crippen LogP contribution < -0.4 is 5.32 Å². The Balaban J connectivity index is 2.39. The van der Waals surface area contributed by atoms with E-state index >= 15 is 0 Å². The van der Waals surface area contributed by atoms with E-state index in [1.807, 2.05) is 7.05 Å². The Morgan fingerprint density at radius 2 is 1.78 bits per heavy atom. The summed E-state index contributed by atoms with van der Waals surface area (Å²) in [5.74, 6) is 0.222. The average molecular weight is 270 g/mol. The van der Waals surface area contributed by atoms with Crippen molar-refractivity contribution in [2.75, 3.05) is 7.05 Å². The predicted octanol–water partition coefficient (Wildman–Crippen LogP) is 4.42. The molecule has 100 valence electrons. The van der Waals surface area contributed by atoms with Gasteiger partial charge >= 0.3 is 0 Å². The van der Waals surface area contributed by atoms with E-state index in [1.54, 1.807) is 12.1 Å². The molecule has 1 N–H and O–H groups in total. The Hall–Kier alpha value is -0.600. The van der Waals surface area contributed by atoms with Gasteiger partial charge in [0.25, 0.3) is 0 Å². The number of hydrogen-bond donors (Lipinski definition) is 1. The zero-order valence-corrected chi connectivity index (χ0v) is 12.4. The standard InChI is InChI=1S/C15H21ClFN/c1-14(2)13(15(14,3)4)12(18-5)10-8-9(17)6-7-11(10)16/h6-8,12-13,18H,1-5H3. The molecule has 1 aromatic rings. The van der Waals surface area contributed by atoms with Gasteiger partial charge in [-0.05, 0) is 47.6 Å². The molecule has 0 amide bonds. The predicted molar refractivity (Wildman–Crippen MR) is 74.3 cm³/mol. The lowest BCUT2D eigenvalue weighted by Gasteiger charge is -2.20. The van der Waals surface area contributed by atoms with Crippen LogP contribution >= 0.6 is 11.6 Å². The first kappa shape index (κ1) is 13.8. The normalized spacial score (nSPS) is 22.8. The summed E-state index contributed by atoms with van der Waals surface area (Å²) in [6, 6.07) is 4.69. The summed E-state index contributed by atoms with van der Waals surface area (Å²) < 4.78 is 13.4. The molecular formula is C15H21ClFN. The number of rotatable bonds is 3. The van der Waals surface area contributed by atoms with Gasteiger partial charge in [0, 0.05) is 11.1 Å². The zero-order chi connectivity index (χ0) is 13.7. The molecule has 1 unspecified atom stereocenters. The fraction of sp³-hybridized carbons (Fsp3) is 0.600. The molecule has 1 aromatic carbocycles. The third kappa shape index (κ3) is 1.86. The van der Waals surface area contributed by atoms with Crippen LogP contribution in [0.15, 0.2) is 18.2 Å². The molecule has 0 spiro atoms. The highest BCUT2D eigenvalue weighted by Gasteiger charge is 2.67. The molecule has 1 atom stereocenters. The Bertz CT molecular complexity index is 454. The highest BCUT2D eigenvalue weighted by Crippen LogP contribution is 2.72. The van der Waals surface area contributed by atoms with Crippen LogP contribution in [0.5, 0.6) is 0 Å². The zero-order valence-electron chi connectivity index (χ0n) is 11.6. The smallest absolute Gasteiger partial charge is 0.123 e. The fourth-order valence-electron chi connectivity index (χ4n) is 3.34. The number of nitrogens with one attached hydrogen (secondary N) is 1. The van der Waals surface area contributed by atoms with E-state index < -0.39 is 0 Å². The first-order chi connectivity index (χ1) is 8.23. The van der Waals surface area contributed by atoms with Crippen molar-refractivity contribution < 1.29 is 4.39 Å². The highest BCUT2D eigenvalue weighted by atomic mass is 35.5. The van der Waals surface area contributed by atoms with Crippen molar-refractivity contribution in [3.05, 3.63) is 34.6 Å². The molecule has 0 radical (unpaired) electrons. The summed E-state index contributed by atoms with van der Waals surface area (Å²) in [4.78, 5) is 0. The molecule has 0 heterocycles. The quantitative estimate of drug-likeness (QED) is 0.856. The van der Waals surface area contributed by atoms with Crippen molar-refractivity contribution >= 4 is 11.6 Å². The van der Waals surface area contributed by atoms with Crippen LogP contribution in [0, 0.1) is 22.6 Å². The van der Waals surface area contributed by atoms with Crippen LogP contribution in [0.4, 0.5) is 4.39 Å². The summed E-state index contributed by atoms with van der Waals surface area (Å²) in [6.45, 7) is 9.04. The van der Waals surface area contributed by atoms with Gasteiger partial charge < -0.3 is 5.32 Å². The Morgan fingerprint density at radius 1 is 1.22 bits per heavy atom. The van der Waals surface area contributed by atoms with E-state index in [9.17, 15) is 4.39 Å². The van der Waals surface area contributed by atoms with Gasteiger partial charge in [0.1, 0.15) is 5.82 Å². The molecule has 0 saturated heterocycles. The molecule has 18 heavy (non-hydrogen) atoms. The van der Waals surface area contributed by atoms with Crippen molar-refractivity contribution in [2.24, 2.45) is 16.7 Å². The van der Waals surface area contributed by atoms with Crippen LogP contribution in [-0.2, 0) is 0 Å². The van der Waals surface area contributed by atoms with Crippen LogP contribution in [0.1, 0.15) is 39.3 Å². The van der Waals surface area contributed by atoms with Crippen LogP contribution in [0.25, 0.3) is 0 Å². The molecule has 1 nitrogen and oxygen atoms in total. The SMILES string of the molecule is CNC(c1cc(F)ccc1Cl)C1C(C)(C)C1(C)C. The molecule has 1 aliphatic rings. The Morgan fingerprint density at radius 3 is 2.22 bits per heavy atom. The van der Waals surface area contributed by atoms with Crippen molar-refractivity contribution in [3.63, 3.8) is 0 Å². The molecule has 1 fully saturated rings. The van der Waals surface area contributed by atoms with Gasteiger partial charge in [-0.15, -0.1) is 0 Å². The third-order valence-electron chi connectivity index (χ3n) is 5.07. The van der Waals surface area contributed by atoms with Crippen molar-refractivity contribution in [3.8, 4) is 0 Å². The van der Waals surface area contributed by atoms with Gasteiger partial charge in [0.2, 0.25) is 0 Å². The molecule has 0 aliphatic heterocycles. The van der Waals surface area contributed by atoms with E-state index in [1.165, 1.54) is 6.07 Å². The van der Waals surface area contributed by atoms with Crippen molar-refractivity contribution in [1.82, 2.24) is 5.32 Å². The molecule has 1 saturated carbocycles. The maximum atomic E-state index is 13.4. The van der Waals surface area contributed by atoms with E-state index in [2.05, 4.69) is 33.0 Å². The van der Waals surface area contributed by atoms with E-state index in [4.69, 9.17) is 11.6 Å². The van der Waals surface area contributed by atoms with Gasteiger partial charge in [-0.2, -0.15) is 0 Å². The lowest BCUT2D eigenvalue weighted by atomic mass is 9.96. The van der Waals surface area contributed by atoms with Crippen LogP contribution in [0.3, 0.4) is 0 Å². The highest BCUT2D eigenvalue weighted by molar-refractivity contribution is 6.31. The lowest BCUT2D eigenvalue weighted by Crippen LogP contribution is -2.22. The second-order valence-electron chi connectivity index (χ2n) is 6.35.